The molecule has 2 heterocycles. The predicted molar refractivity (Wildman–Crippen MR) is 91.1 cm³/mol. The Labute approximate surface area is 143 Å². The van der Waals surface area contributed by atoms with E-state index >= 15 is 0 Å². The molecule has 5 nitrogen and oxygen atoms in total. The summed E-state index contributed by atoms with van der Waals surface area (Å²) in [4.78, 5) is 0. The molecule has 0 saturated carbocycles. The maximum absolute atomic E-state index is 6.29. The summed E-state index contributed by atoms with van der Waals surface area (Å²) in [6, 6.07) is 9.96. The van der Waals surface area contributed by atoms with Crippen LogP contribution in [0.4, 0.5) is 0 Å². The molecule has 132 valence electrons. The molecule has 5 atom stereocenters. The molecule has 2 saturated heterocycles. The second kappa shape index (κ2) is 7.33. The molecule has 5 heteroatoms. The second-order valence-corrected chi connectivity index (χ2v) is 6.92. The molecular weight excluding hydrogens is 306 g/mol. The van der Waals surface area contributed by atoms with Crippen molar-refractivity contribution in [3.05, 3.63) is 48.6 Å². The lowest BCUT2D eigenvalue weighted by molar-refractivity contribution is -0.245. The Bertz CT molecular complexity index is 548. The highest BCUT2D eigenvalue weighted by Crippen LogP contribution is 2.39. The maximum Gasteiger partial charge on any atom is 0.186 e. The molecule has 2 aliphatic heterocycles. The van der Waals surface area contributed by atoms with E-state index in [-0.39, 0.29) is 24.2 Å². The van der Waals surface area contributed by atoms with Crippen molar-refractivity contribution in [1.29, 1.82) is 0 Å². The highest BCUT2D eigenvalue weighted by Gasteiger charge is 2.53. The maximum atomic E-state index is 6.29. The van der Waals surface area contributed by atoms with Crippen molar-refractivity contribution in [1.82, 2.24) is 0 Å². The molecule has 24 heavy (non-hydrogen) atoms. The largest absolute Gasteiger partial charge is 0.349 e. The molecule has 0 aromatic heterocycles. The number of hydrogen-bond acceptors (Lipinski definition) is 5. The highest BCUT2D eigenvalue weighted by atomic mass is 16.8. The van der Waals surface area contributed by atoms with Crippen LogP contribution >= 0.6 is 0 Å². The summed E-state index contributed by atoms with van der Waals surface area (Å²) in [5, 5.41) is 0. The summed E-state index contributed by atoms with van der Waals surface area (Å²) in [5.74, 6) is -0.602. The minimum absolute atomic E-state index is 0.0614. The lowest BCUT2D eigenvalue weighted by Crippen LogP contribution is -2.54. The van der Waals surface area contributed by atoms with Crippen molar-refractivity contribution in [3.8, 4) is 0 Å². The van der Waals surface area contributed by atoms with Crippen LogP contribution in [0.5, 0.6) is 0 Å². The summed E-state index contributed by atoms with van der Waals surface area (Å²) in [6.45, 7) is 8.56. The van der Waals surface area contributed by atoms with Crippen LogP contribution in [0.2, 0.25) is 0 Å². The van der Waals surface area contributed by atoms with Gasteiger partial charge in [-0.3, -0.25) is 0 Å². The molecule has 2 N–H and O–H groups in total. The summed E-state index contributed by atoms with van der Waals surface area (Å²) in [7, 11) is 0. The van der Waals surface area contributed by atoms with Crippen LogP contribution in [-0.2, 0) is 25.6 Å². The first-order chi connectivity index (χ1) is 11.5. The predicted octanol–water partition coefficient (Wildman–Crippen LogP) is 2.60. The van der Waals surface area contributed by atoms with Crippen LogP contribution in [0.1, 0.15) is 25.8 Å². The number of fused-ring (bicyclic) bond motifs is 1. The Hall–Kier alpha value is -1.24. The van der Waals surface area contributed by atoms with Crippen molar-refractivity contribution < 1.29 is 18.9 Å². The molecule has 0 radical (unpaired) electrons. The third-order valence-electron chi connectivity index (χ3n) is 4.55. The van der Waals surface area contributed by atoms with Gasteiger partial charge in [0.2, 0.25) is 0 Å². The van der Waals surface area contributed by atoms with Crippen LogP contribution in [0.15, 0.2) is 43.0 Å². The van der Waals surface area contributed by atoms with Gasteiger partial charge in [0.1, 0.15) is 6.10 Å². The fourth-order valence-corrected chi connectivity index (χ4v) is 3.38. The first-order valence-corrected chi connectivity index (χ1v) is 8.49. The van der Waals surface area contributed by atoms with Crippen LogP contribution in [0.3, 0.4) is 0 Å². The Balaban J connectivity index is 1.68. The average Bonchev–Trinajstić information content (AvgIpc) is 2.88. The Morgan fingerprint density at radius 3 is 2.71 bits per heavy atom. The Morgan fingerprint density at radius 2 is 2.00 bits per heavy atom. The van der Waals surface area contributed by atoms with Crippen molar-refractivity contribution >= 4 is 0 Å². The van der Waals surface area contributed by atoms with Gasteiger partial charge in [0, 0.05) is 12.0 Å². The fraction of sp³-hybridized carbons (Fsp3) is 0.579. The number of nitrogens with two attached hydrogens (primary N) is 1. The number of hydrogen-bond donors (Lipinski definition) is 1. The summed E-state index contributed by atoms with van der Waals surface area (Å²) in [6.07, 6.45) is 1.68. The van der Waals surface area contributed by atoms with E-state index in [0.717, 1.165) is 12.0 Å². The zero-order valence-corrected chi connectivity index (χ0v) is 14.4. The molecule has 0 bridgehead atoms. The molecule has 1 aromatic carbocycles. The monoisotopic (exact) mass is 333 g/mol. The van der Waals surface area contributed by atoms with Gasteiger partial charge in [0.25, 0.3) is 0 Å². The van der Waals surface area contributed by atoms with Crippen LogP contribution in [0, 0.1) is 5.92 Å². The quantitative estimate of drug-likeness (QED) is 0.811. The first kappa shape index (κ1) is 17.6. The van der Waals surface area contributed by atoms with Crippen LogP contribution < -0.4 is 5.73 Å². The molecule has 2 fully saturated rings. The topological polar surface area (TPSA) is 62.9 Å². The molecule has 0 aliphatic carbocycles. The van der Waals surface area contributed by atoms with Crippen LogP contribution in [-0.4, -0.2) is 36.9 Å². The van der Waals surface area contributed by atoms with E-state index in [1.807, 2.05) is 50.3 Å². The lowest BCUT2D eigenvalue weighted by atomic mass is 9.87. The van der Waals surface area contributed by atoms with E-state index in [1.54, 1.807) is 0 Å². The zero-order valence-electron chi connectivity index (χ0n) is 14.4. The van der Waals surface area contributed by atoms with E-state index in [0.29, 0.717) is 13.2 Å². The van der Waals surface area contributed by atoms with Gasteiger partial charge in [-0.05, 0) is 25.8 Å². The van der Waals surface area contributed by atoms with Gasteiger partial charge < -0.3 is 24.7 Å². The first-order valence-electron chi connectivity index (χ1n) is 8.49. The van der Waals surface area contributed by atoms with E-state index in [9.17, 15) is 0 Å². The van der Waals surface area contributed by atoms with Gasteiger partial charge in [0.15, 0.2) is 12.1 Å². The summed E-state index contributed by atoms with van der Waals surface area (Å²) in [5.41, 5.74) is 7.38. The van der Waals surface area contributed by atoms with E-state index < -0.39 is 12.1 Å². The fourth-order valence-electron chi connectivity index (χ4n) is 3.38. The van der Waals surface area contributed by atoms with Crippen molar-refractivity contribution in [3.63, 3.8) is 0 Å². The molecule has 2 aliphatic rings. The molecule has 0 spiro atoms. The number of ether oxygens (including phenoxy) is 4. The third-order valence-corrected chi connectivity index (χ3v) is 4.55. The van der Waals surface area contributed by atoms with Crippen molar-refractivity contribution in [2.45, 2.75) is 57.2 Å². The molecule has 3 rings (SSSR count). The van der Waals surface area contributed by atoms with Gasteiger partial charge in [-0.2, -0.15) is 0 Å². The standard InChI is InChI=1S/C19H27NO4/c1-4-8-15(20)14-12-22-18(17-16(14)23-19(2,3)24-17)21-11-13-9-6-5-7-10-13/h4-7,9-10,14-18H,1,8,11-12,20H2,2-3H3/t14-,15?,16?,17?,18+/m0/s1. The van der Waals surface area contributed by atoms with Gasteiger partial charge in [0.05, 0.1) is 19.3 Å². The number of benzene rings is 1. The molecule has 3 unspecified atom stereocenters. The van der Waals surface area contributed by atoms with E-state index in [2.05, 4.69) is 6.58 Å². The lowest BCUT2D eigenvalue weighted by Gasteiger charge is -2.39. The molecule has 1 aromatic rings. The third kappa shape index (κ3) is 3.87. The van der Waals surface area contributed by atoms with Gasteiger partial charge >= 0.3 is 0 Å². The Kier molecular flexibility index (Phi) is 5.37. The normalized spacial score (nSPS) is 33.0. The van der Waals surface area contributed by atoms with Crippen molar-refractivity contribution in [2.75, 3.05) is 6.61 Å². The summed E-state index contributed by atoms with van der Waals surface area (Å²) < 4.78 is 24.1. The van der Waals surface area contributed by atoms with Gasteiger partial charge in [-0.1, -0.05) is 36.4 Å². The second-order valence-electron chi connectivity index (χ2n) is 6.92. The number of rotatable bonds is 6. The Morgan fingerprint density at radius 1 is 1.29 bits per heavy atom. The minimum atomic E-state index is -0.663. The van der Waals surface area contributed by atoms with E-state index in [1.165, 1.54) is 0 Å². The zero-order chi connectivity index (χ0) is 17.2. The SMILES string of the molecule is C=CCC(N)[C@@H]1CO[C@@H](OCc2ccccc2)C2OC(C)(C)OC21. The van der Waals surface area contributed by atoms with Crippen LogP contribution in [0.25, 0.3) is 0 Å². The van der Waals surface area contributed by atoms with E-state index in [4.69, 9.17) is 24.7 Å². The van der Waals surface area contributed by atoms with Gasteiger partial charge in [-0.25, -0.2) is 0 Å². The summed E-state index contributed by atoms with van der Waals surface area (Å²) >= 11 is 0. The highest BCUT2D eigenvalue weighted by molar-refractivity contribution is 5.13. The minimum Gasteiger partial charge on any atom is -0.349 e. The smallest absolute Gasteiger partial charge is 0.186 e. The molecular formula is C19H27NO4. The molecule has 0 amide bonds. The van der Waals surface area contributed by atoms with Crippen molar-refractivity contribution in [2.24, 2.45) is 11.7 Å². The average molecular weight is 333 g/mol. The van der Waals surface area contributed by atoms with Gasteiger partial charge in [-0.15, -0.1) is 6.58 Å².